The summed E-state index contributed by atoms with van der Waals surface area (Å²) in [5, 5.41) is 2.61. The number of nitrogens with one attached hydrogen (secondary N) is 1. The number of anilines is 1. The summed E-state index contributed by atoms with van der Waals surface area (Å²) in [6, 6.07) is 3.83. The molecule has 0 amide bonds. The number of thiazole rings is 1. The van der Waals surface area contributed by atoms with Crippen LogP contribution in [-0.4, -0.2) is 18.2 Å². The molecular weight excluding hydrogens is 318 g/mol. The molecule has 0 radical (unpaired) electrons. The van der Waals surface area contributed by atoms with Crippen molar-refractivity contribution in [3.63, 3.8) is 0 Å². The van der Waals surface area contributed by atoms with Gasteiger partial charge in [0.25, 0.3) is 0 Å². The van der Waals surface area contributed by atoms with Gasteiger partial charge in [-0.2, -0.15) is 0 Å². The summed E-state index contributed by atoms with van der Waals surface area (Å²) in [4.78, 5) is 4.36. The van der Waals surface area contributed by atoms with Gasteiger partial charge in [-0.3, -0.25) is 5.43 Å². The number of benzene rings is 1. The molecule has 1 aliphatic heterocycles. The van der Waals surface area contributed by atoms with Crippen LogP contribution >= 0.6 is 27.3 Å². The fourth-order valence-corrected chi connectivity index (χ4v) is 2.87. The lowest BCUT2D eigenvalue weighted by atomic mass is 10.1. The van der Waals surface area contributed by atoms with Crippen molar-refractivity contribution in [3.05, 3.63) is 22.0 Å². The lowest BCUT2D eigenvalue weighted by Gasteiger charge is -2.19. The monoisotopic (exact) mass is 327 g/mol. The number of nitrogens with zero attached hydrogens (tertiary/aromatic N) is 1. The van der Waals surface area contributed by atoms with E-state index in [1.54, 1.807) is 0 Å². The second kappa shape index (κ2) is 4.75. The van der Waals surface area contributed by atoms with Crippen LogP contribution in [0.15, 0.2) is 22.0 Å². The van der Waals surface area contributed by atoms with E-state index in [1.807, 2.05) is 17.5 Å². The molecule has 0 fully saturated rings. The first-order valence-corrected chi connectivity index (χ1v) is 6.97. The molecule has 0 bridgehead atoms. The Hall–Kier alpha value is -1.31. The molecule has 0 unspecified atom stereocenters. The van der Waals surface area contributed by atoms with Gasteiger partial charge >= 0.3 is 0 Å². The standard InChI is InChI=1S/C11H10BrN3O2S/c12-7-4-10-9(16-1-2-17-10)3-6(7)8-5-18-11(14-8)15-13/h3-5H,1-2,13H2,(H,14,15). The van der Waals surface area contributed by atoms with Crippen LogP contribution in [0.1, 0.15) is 0 Å². The number of halogens is 1. The van der Waals surface area contributed by atoms with E-state index < -0.39 is 0 Å². The Morgan fingerprint density at radius 3 is 2.67 bits per heavy atom. The molecule has 0 aliphatic carbocycles. The fourth-order valence-electron chi connectivity index (χ4n) is 1.72. The third-order valence-electron chi connectivity index (χ3n) is 2.54. The molecule has 3 rings (SSSR count). The summed E-state index contributed by atoms with van der Waals surface area (Å²) in [5.74, 6) is 6.83. The maximum Gasteiger partial charge on any atom is 0.197 e. The molecule has 94 valence electrons. The first-order chi connectivity index (χ1) is 8.78. The summed E-state index contributed by atoms with van der Waals surface area (Å²) < 4.78 is 12.0. The van der Waals surface area contributed by atoms with E-state index in [0.29, 0.717) is 18.3 Å². The Bertz CT molecular complexity index is 588. The third-order valence-corrected chi connectivity index (χ3v) is 3.97. The Morgan fingerprint density at radius 1 is 1.28 bits per heavy atom. The van der Waals surface area contributed by atoms with Crippen LogP contribution in [0.5, 0.6) is 11.5 Å². The average molecular weight is 328 g/mol. The van der Waals surface area contributed by atoms with Crippen molar-refractivity contribution in [3.8, 4) is 22.8 Å². The molecule has 5 nitrogen and oxygen atoms in total. The molecule has 0 spiro atoms. The molecule has 1 aliphatic rings. The van der Waals surface area contributed by atoms with E-state index in [0.717, 1.165) is 27.2 Å². The van der Waals surface area contributed by atoms with Crippen LogP contribution in [0.25, 0.3) is 11.3 Å². The number of hydrogen-bond donors (Lipinski definition) is 2. The average Bonchev–Trinajstić information content (AvgIpc) is 2.86. The van der Waals surface area contributed by atoms with Gasteiger partial charge in [0.1, 0.15) is 13.2 Å². The highest BCUT2D eigenvalue weighted by molar-refractivity contribution is 9.10. The Kier molecular flexibility index (Phi) is 3.11. The van der Waals surface area contributed by atoms with Crippen molar-refractivity contribution in [2.45, 2.75) is 0 Å². The van der Waals surface area contributed by atoms with Crippen molar-refractivity contribution in [2.24, 2.45) is 5.84 Å². The van der Waals surface area contributed by atoms with E-state index in [-0.39, 0.29) is 0 Å². The number of ether oxygens (including phenoxy) is 2. The molecule has 1 aromatic heterocycles. The summed E-state index contributed by atoms with van der Waals surface area (Å²) in [5.41, 5.74) is 4.33. The maximum atomic E-state index is 5.56. The number of nitrogen functional groups attached to an aromatic ring is 1. The van der Waals surface area contributed by atoms with Gasteiger partial charge in [0, 0.05) is 15.4 Å². The zero-order valence-electron chi connectivity index (χ0n) is 9.27. The smallest absolute Gasteiger partial charge is 0.197 e. The summed E-state index contributed by atoms with van der Waals surface area (Å²) >= 11 is 4.97. The topological polar surface area (TPSA) is 69.4 Å². The highest BCUT2D eigenvalue weighted by Gasteiger charge is 2.17. The van der Waals surface area contributed by atoms with E-state index in [4.69, 9.17) is 15.3 Å². The van der Waals surface area contributed by atoms with Crippen LogP contribution < -0.4 is 20.7 Å². The predicted octanol–water partition coefficient (Wildman–Crippen LogP) is 2.63. The van der Waals surface area contributed by atoms with Gasteiger partial charge in [-0.15, -0.1) is 11.3 Å². The number of nitrogens with two attached hydrogens (primary N) is 1. The Morgan fingerprint density at radius 2 is 2.00 bits per heavy atom. The molecule has 3 N–H and O–H groups in total. The highest BCUT2D eigenvalue weighted by atomic mass is 79.9. The Labute approximate surface area is 116 Å². The van der Waals surface area contributed by atoms with Crippen LogP contribution in [-0.2, 0) is 0 Å². The second-order valence-electron chi connectivity index (χ2n) is 3.66. The third kappa shape index (κ3) is 2.05. The van der Waals surface area contributed by atoms with Gasteiger partial charge in [-0.1, -0.05) is 0 Å². The molecule has 18 heavy (non-hydrogen) atoms. The highest BCUT2D eigenvalue weighted by Crippen LogP contribution is 2.40. The van der Waals surface area contributed by atoms with Crippen molar-refractivity contribution >= 4 is 32.4 Å². The quantitative estimate of drug-likeness (QED) is 0.655. The number of aromatic nitrogens is 1. The minimum Gasteiger partial charge on any atom is -0.486 e. The SMILES string of the molecule is NNc1nc(-c2cc3c(cc2Br)OCCO3)cs1. The molecule has 7 heteroatoms. The van der Waals surface area contributed by atoms with Crippen LogP contribution in [0.2, 0.25) is 0 Å². The minimum atomic E-state index is 0.570. The Balaban J connectivity index is 2.06. The summed E-state index contributed by atoms with van der Waals surface area (Å²) in [7, 11) is 0. The molecule has 0 saturated carbocycles. The normalized spacial score (nSPS) is 13.4. The van der Waals surface area contributed by atoms with Gasteiger partial charge in [0.15, 0.2) is 16.6 Å². The summed E-state index contributed by atoms with van der Waals surface area (Å²) in [6.07, 6.45) is 0. The van der Waals surface area contributed by atoms with Gasteiger partial charge in [0.05, 0.1) is 5.69 Å². The minimum absolute atomic E-state index is 0.570. The van der Waals surface area contributed by atoms with E-state index in [9.17, 15) is 0 Å². The van der Waals surface area contributed by atoms with Crippen LogP contribution in [0, 0.1) is 0 Å². The van der Waals surface area contributed by atoms with E-state index in [1.165, 1.54) is 11.3 Å². The first kappa shape index (κ1) is 11.8. The van der Waals surface area contributed by atoms with Gasteiger partial charge < -0.3 is 9.47 Å². The van der Waals surface area contributed by atoms with Crippen molar-refractivity contribution in [1.82, 2.24) is 4.98 Å². The summed E-state index contributed by atoms with van der Waals surface area (Å²) in [6.45, 7) is 1.15. The van der Waals surface area contributed by atoms with Crippen LogP contribution in [0.4, 0.5) is 5.13 Å². The number of hydrazine groups is 1. The number of rotatable bonds is 2. The van der Waals surface area contributed by atoms with E-state index in [2.05, 4.69) is 26.3 Å². The maximum absolute atomic E-state index is 5.56. The predicted molar refractivity (Wildman–Crippen MR) is 74.1 cm³/mol. The lowest BCUT2D eigenvalue weighted by molar-refractivity contribution is 0.171. The zero-order valence-corrected chi connectivity index (χ0v) is 11.7. The first-order valence-electron chi connectivity index (χ1n) is 5.29. The molecule has 2 aromatic rings. The van der Waals surface area contributed by atoms with E-state index >= 15 is 0 Å². The number of fused-ring (bicyclic) bond motifs is 1. The largest absolute Gasteiger partial charge is 0.486 e. The zero-order chi connectivity index (χ0) is 12.5. The molecule has 0 atom stereocenters. The van der Waals surface area contributed by atoms with Crippen molar-refractivity contribution in [1.29, 1.82) is 0 Å². The van der Waals surface area contributed by atoms with Crippen LogP contribution in [0.3, 0.4) is 0 Å². The second-order valence-corrected chi connectivity index (χ2v) is 5.37. The molecule has 0 saturated heterocycles. The van der Waals surface area contributed by atoms with Crippen molar-refractivity contribution in [2.75, 3.05) is 18.6 Å². The molecule has 2 heterocycles. The van der Waals surface area contributed by atoms with Gasteiger partial charge in [-0.25, -0.2) is 10.8 Å². The molecular formula is C11H10BrN3O2S. The van der Waals surface area contributed by atoms with Crippen molar-refractivity contribution < 1.29 is 9.47 Å². The van der Waals surface area contributed by atoms with Gasteiger partial charge in [0.2, 0.25) is 0 Å². The molecule has 1 aromatic carbocycles. The lowest BCUT2D eigenvalue weighted by Crippen LogP contribution is -2.15. The van der Waals surface area contributed by atoms with Gasteiger partial charge in [-0.05, 0) is 28.1 Å². The number of hydrogen-bond acceptors (Lipinski definition) is 6. The fraction of sp³-hybridized carbons (Fsp3) is 0.182.